The molecule has 0 radical (unpaired) electrons. The molecule has 0 aliphatic rings. The van der Waals surface area contributed by atoms with Crippen molar-refractivity contribution >= 4 is 21.8 Å². The van der Waals surface area contributed by atoms with Gasteiger partial charge in [0.2, 0.25) is 9.84 Å². The highest BCUT2D eigenvalue weighted by Crippen LogP contribution is 2.32. The summed E-state index contributed by atoms with van der Waals surface area (Å²) >= 11 is 0. The number of aryl methyl sites for hydroxylation is 2. The Hall–Kier alpha value is -5.03. The number of carbonyl (C=O) groups is 2. The van der Waals surface area contributed by atoms with E-state index in [0.29, 0.717) is 34.1 Å². The second-order valence-electron chi connectivity index (χ2n) is 9.28. The smallest absolute Gasteiger partial charge is 0.343 e. The predicted octanol–water partition coefficient (Wildman–Crippen LogP) is 5.61. The molecule has 4 aromatic carbocycles. The van der Waals surface area contributed by atoms with Gasteiger partial charge in [0.25, 0.3) is 0 Å². The lowest BCUT2D eigenvalue weighted by atomic mass is 10.2. The van der Waals surface area contributed by atoms with Crippen LogP contribution in [0.5, 0.6) is 34.5 Å². The predicted molar refractivity (Wildman–Crippen MR) is 157 cm³/mol. The number of rotatable bonds is 10. The number of benzene rings is 4. The van der Waals surface area contributed by atoms with E-state index in [-0.39, 0.29) is 32.4 Å². The lowest BCUT2D eigenvalue weighted by Gasteiger charge is -2.13. The molecule has 0 fully saturated rings. The summed E-state index contributed by atoms with van der Waals surface area (Å²) in [5.41, 5.74) is 1.34. The molecule has 0 aliphatic carbocycles. The first-order valence-electron chi connectivity index (χ1n) is 12.9. The molecule has 0 spiro atoms. The molecule has 0 saturated carbocycles. The number of ether oxygens (including phenoxy) is 6. The van der Waals surface area contributed by atoms with Crippen LogP contribution >= 0.6 is 0 Å². The van der Waals surface area contributed by atoms with Crippen molar-refractivity contribution in [3.63, 3.8) is 0 Å². The van der Waals surface area contributed by atoms with Gasteiger partial charge in [0.1, 0.15) is 11.5 Å². The minimum atomic E-state index is -3.95. The molecule has 0 amide bonds. The van der Waals surface area contributed by atoms with Gasteiger partial charge in [0, 0.05) is 0 Å². The molecule has 0 aromatic heterocycles. The summed E-state index contributed by atoms with van der Waals surface area (Å²) < 4.78 is 58.8. The number of hydrogen-bond donors (Lipinski definition) is 0. The van der Waals surface area contributed by atoms with Crippen molar-refractivity contribution in [3.8, 4) is 34.5 Å². The zero-order valence-electron chi connectivity index (χ0n) is 24.4. The third-order valence-corrected chi connectivity index (χ3v) is 8.31. The quantitative estimate of drug-likeness (QED) is 0.166. The first kappa shape index (κ1) is 30.9. The maximum atomic E-state index is 13.4. The minimum Gasteiger partial charge on any atom is -0.493 e. The molecule has 0 atom stereocenters. The van der Waals surface area contributed by atoms with Crippen molar-refractivity contribution in [2.24, 2.45) is 0 Å². The van der Waals surface area contributed by atoms with E-state index in [0.717, 1.165) is 0 Å². The first-order valence-corrected chi connectivity index (χ1v) is 14.4. The van der Waals surface area contributed by atoms with Crippen molar-refractivity contribution < 1.29 is 46.4 Å². The molecular weight excluding hydrogens is 576 g/mol. The summed E-state index contributed by atoms with van der Waals surface area (Å²) in [5, 5.41) is 0. The van der Waals surface area contributed by atoms with Crippen LogP contribution in [0.15, 0.2) is 82.6 Å². The number of methoxy groups -OCH3 is 4. The van der Waals surface area contributed by atoms with Crippen LogP contribution in [0.2, 0.25) is 0 Å². The van der Waals surface area contributed by atoms with Gasteiger partial charge in [0.05, 0.1) is 49.4 Å². The van der Waals surface area contributed by atoms with Crippen molar-refractivity contribution in [3.05, 3.63) is 95.1 Å². The van der Waals surface area contributed by atoms with E-state index in [2.05, 4.69) is 0 Å². The van der Waals surface area contributed by atoms with Crippen molar-refractivity contribution in [2.45, 2.75) is 23.6 Å². The standard InChI is InChI=1S/C32H30O10S/c1-19-15-23(9-13-25(19)41-31(33)21-7-11-27(37-3)29(17-21)39-5)43(35,36)24-10-14-26(20(2)16-24)42-32(34)22-8-12-28(38-4)30(18-22)40-6/h7-18H,1-6H3. The molecule has 224 valence electrons. The molecule has 0 aliphatic heterocycles. The average molecular weight is 607 g/mol. The largest absolute Gasteiger partial charge is 0.493 e. The molecule has 10 nitrogen and oxygen atoms in total. The molecule has 4 aromatic rings. The second-order valence-corrected chi connectivity index (χ2v) is 11.2. The molecule has 43 heavy (non-hydrogen) atoms. The van der Waals surface area contributed by atoms with Crippen molar-refractivity contribution in [1.29, 1.82) is 0 Å². The van der Waals surface area contributed by atoms with E-state index in [9.17, 15) is 18.0 Å². The third kappa shape index (κ3) is 6.57. The normalized spacial score (nSPS) is 10.9. The Labute approximate surface area is 249 Å². The van der Waals surface area contributed by atoms with Gasteiger partial charge >= 0.3 is 11.9 Å². The first-order chi connectivity index (χ1) is 20.5. The Morgan fingerprint density at radius 2 is 0.837 bits per heavy atom. The fourth-order valence-corrected chi connectivity index (χ4v) is 5.62. The van der Waals surface area contributed by atoms with E-state index in [1.54, 1.807) is 26.0 Å². The summed E-state index contributed by atoms with van der Waals surface area (Å²) in [5.74, 6) is 0.772. The summed E-state index contributed by atoms with van der Waals surface area (Å²) in [6.07, 6.45) is 0. The van der Waals surface area contributed by atoms with E-state index in [1.807, 2.05) is 0 Å². The van der Waals surface area contributed by atoms with Crippen LogP contribution in [0.4, 0.5) is 0 Å². The Balaban J connectivity index is 1.51. The number of sulfone groups is 1. The zero-order chi connectivity index (χ0) is 31.3. The van der Waals surface area contributed by atoms with Crippen LogP contribution in [0.1, 0.15) is 31.8 Å². The summed E-state index contributed by atoms with van der Waals surface area (Å²) in [4.78, 5) is 25.5. The van der Waals surface area contributed by atoms with E-state index in [4.69, 9.17) is 28.4 Å². The lowest BCUT2D eigenvalue weighted by Crippen LogP contribution is -2.11. The zero-order valence-corrected chi connectivity index (χ0v) is 25.2. The fourth-order valence-electron chi connectivity index (χ4n) is 4.19. The molecule has 0 N–H and O–H groups in total. The molecule has 4 rings (SSSR count). The molecular formula is C32H30O10S. The van der Waals surface area contributed by atoms with E-state index < -0.39 is 21.8 Å². The Kier molecular flexibility index (Phi) is 9.25. The minimum absolute atomic E-state index is 0.00499. The van der Waals surface area contributed by atoms with Crippen molar-refractivity contribution in [1.82, 2.24) is 0 Å². The van der Waals surface area contributed by atoms with E-state index in [1.165, 1.54) is 89.1 Å². The third-order valence-electron chi connectivity index (χ3n) is 6.56. The monoisotopic (exact) mass is 606 g/mol. The van der Waals surface area contributed by atoms with Gasteiger partial charge in [-0.1, -0.05) is 0 Å². The van der Waals surface area contributed by atoms with Crippen LogP contribution in [-0.4, -0.2) is 48.8 Å². The number of carbonyl (C=O) groups excluding carboxylic acids is 2. The average Bonchev–Trinajstić information content (AvgIpc) is 3.01. The van der Waals surface area contributed by atoms with Crippen LogP contribution < -0.4 is 28.4 Å². The van der Waals surface area contributed by atoms with E-state index >= 15 is 0 Å². The van der Waals surface area contributed by atoms with Crippen LogP contribution in [-0.2, 0) is 9.84 Å². The van der Waals surface area contributed by atoms with Crippen molar-refractivity contribution in [2.75, 3.05) is 28.4 Å². The fraction of sp³-hybridized carbons (Fsp3) is 0.188. The highest BCUT2D eigenvalue weighted by molar-refractivity contribution is 7.91. The Bertz CT molecular complexity index is 1670. The topological polar surface area (TPSA) is 124 Å². The van der Waals surface area contributed by atoms with Gasteiger partial charge in [0.15, 0.2) is 23.0 Å². The Morgan fingerprint density at radius 1 is 0.488 bits per heavy atom. The SMILES string of the molecule is COc1ccc(C(=O)Oc2ccc(S(=O)(=O)c3ccc(OC(=O)c4ccc(OC)c(OC)c4)c(C)c3)cc2C)cc1OC. The summed E-state index contributed by atoms with van der Waals surface area (Å²) in [6.45, 7) is 3.27. The maximum Gasteiger partial charge on any atom is 0.343 e. The number of esters is 2. The molecule has 0 unspecified atom stereocenters. The molecule has 0 bridgehead atoms. The van der Waals surface area contributed by atoms with Gasteiger partial charge in [-0.15, -0.1) is 0 Å². The molecule has 11 heteroatoms. The maximum absolute atomic E-state index is 13.4. The van der Waals surface area contributed by atoms with Gasteiger partial charge in [-0.05, 0) is 97.8 Å². The molecule has 0 heterocycles. The highest BCUT2D eigenvalue weighted by Gasteiger charge is 2.22. The lowest BCUT2D eigenvalue weighted by molar-refractivity contribution is 0.0723. The summed E-state index contributed by atoms with van der Waals surface area (Å²) in [6, 6.07) is 17.6. The molecule has 0 saturated heterocycles. The van der Waals surface area contributed by atoms with Gasteiger partial charge in [-0.25, -0.2) is 18.0 Å². The van der Waals surface area contributed by atoms with Gasteiger partial charge in [-0.3, -0.25) is 0 Å². The number of hydrogen-bond acceptors (Lipinski definition) is 10. The van der Waals surface area contributed by atoms with Crippen LogP contribution in [0.25, 0.3) is 0 Å². The summed E-state index contributed by atoms with van der Waals surface area (Å²) in [7, 11) is 1.93. The van der Waals surface area contributed by atoms with Gasteiger partial charge < -0.3 is 28.4 Å². The Morgan fingerprint density at radius 3 is 1.16 bits per heavy atom. The van der Waals surface area contributed by atoms with Crippen LogP contribution in [0.3, 0.4) is 0 Å². The second kappa shape index (κ2) is 12.9. The van der Waals surface area contributed by atoms with Gasteiger partial charge in [-0.2, -0.15) is 0 Å². The van der Waals surface area contributed by atoms with Crippen LogP contribution in [0, 0.1) is 13.8 Å². The highest BCUT2D eigenvalue weighted by atomic mass is 32.2.